The first-order valence-corrected chi connectivity index (χ1v) is 13.9. The number of hydrogen-bond donors (Lipinski definition) is 6. The largest absolute Gasteiger partial charge is 0.472 e. The van der Waals surface area contributed by atoms with Crippen LogP contribution in [0.4, 0.5) is 4.39 Å². The van der Waals surface area contributed by atoms with Crippen molar-refractivity contribution in [2.45, 2.75) is 32.3 Å². The summed E-state index contributed by atoms with van der Waals surface area (Å²) in [5, 5.41) is 9.43. The molecule has 1 fully saturated rings. The van der Waals surface area contributed by atoms with Crippen LogP contribution in [0.3, 0.4) is 0 Å². The van der Waals surface area contributed by atoms with Gasteiger partial charge in [-0.2, -0.15) is 0 Å². The molecule has 12 heteroatoms. The van der Waals surface area contributed by atoms with Crippen molar-refractivity contribution in [3.05, 3.63) is 88.6 Å². The standard InChI is InChI=1S/C29H43ClFN7O3/c1-4-13-38(3)14-12-35-11-8-28(39)36-20(2)16-22(7-10-32)37-27(29(34)41-23-9-15-40-19-23)18-26(33)24-17-21(30)5-6-25(24)31/h5-7,10,16-18,23,35,37H,2,4,8-9,11-15,19,32-34H2,1,3H3,(H,36,39)/b10-7-,22-16+,26-18-,29-27-. The summed E-state index contributed by atoms with van der Waals surface area (Å²) in [4.78, 5) is 14.7. The maximum atomic E-state index is 14.5. The molecule has 2 rings (SSSR count). The van der Waals surface area contributed by atoms with Crippen LogP contribution < -0.4 is 33.2 Å². The molecule has 10 nitrogen and oxygen atoms in total. The number of nitrogens with two attached hydrogens (primary N) is 3. The molecule has 1 aromatic rings. The van der Waals surface area contributed by atoms with Crippen molar-refractivity contribution in [2.75, 3.05) is 46.4 Å². The second-order valence-electron chi connectivity index (χ2n) is 9.57. The maximum absolute atomic E-state index is 14.5. The van der Waals surface area contributed by atoms with E-state index in [9.17, 15) is 9.18 Å². The van der Waals surface area contributed by atoms with Gasteiger partial charge in [0, 0.05) is 60.2 Å². The predicted molar refractivity (Wildman–Crippen MR) is 162 cm³/mol. The fraction of sp³-hybridized carbons (Fsp3) is 0.414. The Morgan fingerprint density at radius 3 is 2.73 bits per heavy atom. The number of hydrogen-bond acceptors (Lipinski definition) is 9. The van der Waals surface area contributed by atoms with Gasteiger partial charge in [0.05, 0.1) is 13.2 Å². The zero-order valence-electron chi connectivity index (χ0n) is 23.8. The van der Waals surface area contributed by atoms with Gasteiger partial charge in [-0.3, -0.25) is 4.79 Å². The highest BCUT2D eigenvalue weighted by atomic mass is 35.5. The molecule has 0 spiro atoms. The minimum Gasteiger partial charge on any atom is -0.472 e. The summed E-state index contributed by atoms with van der Waals surface area (Å²) in [6.45, 7) is 10.3. The normalized spacial score (nSPS) is 16.7. The van der Waals surface area contributed by atoms with Crippen LogP contribution in [0, 0.1) is 5.82 Å². The molecule has 1 saturated heterocycles. The van der Waals surface area contributed by atoms with Crippen LogP contribution >= 0.6 is 11.6 Å². The van der Waals surface area contributed by atoms with Gasteiger partial charge < -0.3 is 47.5 Å². The summed E-state index contributed by atoms with van der Waals surface area (Å²) in [5.74, 6) is -0.743. The highest BCUT2D eigenvalue weighted by Gasteiger charge is 2.19. The van der Waals surface area contributed by atoms with E-state index in [0.717, 1.165) is 26.1 Å². The number of halogens is 2. The second kappa shape index (κ2) is 18.0. The number of benzene rings is 1. The number of nitrogens with one attached hydrogen (secondary N) is 3. The molecule has 0 aromatic heterocycles. The van der Waals surface area contributed by atoms with Gasteiger partial charge in [-0.1, -0.05) is 25.1 Å². The van der Waals surface area contributed by atoms with Crippen LogP contribution in [-0.2, 0) is 14.3 Å². The Morgan fingerprint density at radius 2 is 2.05 bits per heavy atom. The molecule has 0 bridgehead atoms. The number of ether oxygens (including phenoxy) is 2. The van der Waals surface area contributed by atoms with Gasteiger partial charge in [0.1, 0.15) is 17.6 Å². The molecule has 9 N–H and O–H groups in total. The van der Waals surface area contributed by atoms with Crippen molar-refractivity contribution in [1.29, 1.82) is 0 Å². The second-order valence-corrected chi connectivity index (χ2v) is 10.0. The third-order valence-corrected chi connectivity index (χ3v) is 6.21. The first-order chi connectivity index (χ1) is 19.6. The average Bonchev–Trinajstić information content (AvgIpc) is 3.42. The van der Waals surface area contributed by atoms with Gasteiger partial charge in [-0.25, -0.2) is 4.39 Å². The summed E-state index contributed by atoms with van der Waals surface area (Å²) in [6, 6.07) is 4.06. The van der Waals surface area contributed by atoms with E-state index in [4.69, 9.17) is 38.3 Å². The topological polar surface area (TPSA) is 153 Å². The SMILES string of the molecule is C=C(/C=C(\C=C/N)NC(/C=C(\N)c1cc(Cl)ccc1F)=C(/N)OC1CCOC1)NC(=O)CCNCCN(C)CCC. The number of carbonyl (C=O) groups excluding carboxylic acids is 1. The molecule has 1 aliphatic rings. The molecule has 1 unspecified atom stereocenters. The molecule has 1 aromatic carbocycles. The van der Waals surface area contributed by atoms with E-state index in [2.05, 4.69) is 41.4 Å². The third kappa shape index (κ3) is 12.7. The molecule has 1 amide bonds. The first kappa shape index (κ1) is 33.7. The van der Waals surface area contributed by atoms with Gasteiger partial charge in [0.15, 0.2) is 0 Å². The summed E-state index contributed by atoms with van der Waals surface area (Å²) in [6.07, 6.45) is 7.64. The van der Waals surface area contributed by atoms with Gasteiger partial charge in [-0.15, -0.1) is 0 Å². The van der Waals surface area contributed by atoms with Crippen molar-refractivity contribution < 1.29 is 18.7 Å². The molecule has 41 heavy (non-hydrogen) atoms. The third-order valence-electron chi connectivity index (χ3n) is 5.98. The molecule has 0 aliphatic carbocycles. The van der Waals surface area contributed by atoms with Crippen LogP contribution in [-0.4, -0.2) is 63.4 Å². The summed E-state index contributed by atoms with van der Waals surface area (Å²) >= 11 is 6.05. The first-order valence-electron chi connectivity index (χ1n) is 13.5. The Kier molecular flexibility index (Phi) is 14.8. The number of carbonyl (C=O) groups is 1. The molecule has 226 valence electrons. The Morgan fingerprint density at radius 1 is 1.27 bits per heavy atom. The Bertz CT molecular complexity index is 1150. The molecule has 0 saturated carbocycles. The van der Waals surface area contributed by atoms with E-state index in [-0.39, 0.29) is 41.3 Å². The molecule has 1 heterocycles. The summed E-state index contributed by atoms with van der Waals surface area (Å²) in [7, 11) is 2.07. The monoisotopic (exact) mass is 591 g/mol. The minimum atomic E-state index is -0.553. The number of likely N-dealkylation sites (N-methyl/N-ethyl adjacent to an activating group) is 1. The highest BCUT2D eigenvalue weighted by Crippen LogP contribution is 2.22. The van der Waals surface area contributed by atoms with Crippen LogP contribution in [0.2, 0.25) is 5.02 Å². The van der Waals surface area contributed by atoms with E-state index in [0.29, 0.717) is 42.6 Å². The Labute approximate surface area is 247 Å². The van der Waals surface area contributed by atoms with Gasteiger partial charge in [0.25, 0.3) is 0 Å². The molecular formula is C29H43ClFN7O3. The molecule has 1 atom stereocenters. The number of allylic oxidation sites excluding steroid dienone is 3. The van der Waals surface area contributed by atoms with Gasteiger partial charge in [0.2, 0.25) is 11.8 Å². The fourth-order valence-electron chi connectivity index (χ4n) is 3.91. The fourth-order valence-corrected chi connectivity index (χ4v) is 4.08. The Hall–Kier alpha value is -3.51. The zero-order valence-corrected chi connectivity index (χ0v) is 24.6. The van der Waals surface area contributed by atoms with Crippen molar-refractivity contribution >= 4 is 23.2 Å². The smallest absolute Gasteiger partial charge is 0.225 e. The van der Waals surface area contributed by atoms with Crippen LogP contribution in [0.1, 0.15) is 31.7 Å². The van der Waals surface area contributed by atoms with E-state index in [1.807, 2.05) is 0 Å². The zero-order chi connectivity index (χ0) is 30.2. The van der Waals surface area contributed by atoms with Crippen molar-refractivity contribution in [1.82, 2.24) is 20.9 Å². The highest BCUT2D eigenvalue weighted by molar-refractivity contribution is 6.30. The van der Waals surface area contributed by atoms with Crippen LogP contribution in [0.25, 0.3) is 5.70 Å². The van der Waals surface area contributed by atoms with Crippen LogP contribution in [0.5, 0.6) is 0 Å². The van der Waals surface area contributed by atoms with Crippen LogP contribution in [0.15, 0.2) is 72.2 Å². The van der Waals surface area contributed by atoms with Crippen molar-refractivity contribution in [3.63, 3.8) is 0 Å². The average molecular weight is 592 g/mol. The quantitative estimate of drug-likeness (QED) is 0.0911. The molecule has 1 aliphatic heterocycles. The lowest BCUT2D eigenvalue weighted by Gasteiger charge is -2.18. The lowest BCUT2D eigenvalue weighted by Crippen LogP contribution is -2.32. The van der Waals surface area contributed by atoms with E-state index in [1.165, 1.54) is 30.5 Å². The van der Waals surface area contributed by atoms with Crippen molar-refractivity contribution in [3.8, 4) is 0 Å². The van der Waals surface area contributed by atoms with Crippen molar-refractivity contribution in [2.24, 2.45) is 17.2 Å². The van der Waals surface area contributed by atoms with Gasteiger partial charge >= 0.3 is 0 Å². The van der Waals surface area contributed by atoms with E-state index >= 15 is 0 Å². The number of nitrogens with zero attached hydrogens (tertiary/aromatic N) is 1. The van der Waals surface area contributed by atoms with E-state index in [1.54, 1.807) is 12.2 Å². The van der Waals surface area contributed by atoms with E-state index < -0.39 is 5.82 Å². The lowest BCUT2D eigenvalue weighted by molar-refractivity contribution is -0.120. The summed E-state index contributed by atoms with van der Waals surface area (Å²) in [5.41, 5.74) is 19.3. The number of rotatable bonds is 17. The predicted octanol–water partition coefficient (Wildman–Crippen LogP) is 2.61. The minimum absolute atomic E-state index is 0.00696. The maximum Gasteiger partial charge on any atom is 0.225 e. The number of amides is 1. The molecular weight excluding hydrogens is 549 g/mol. The Balaban J connectivity index is 2.14. The summed E-state index contributed by atoms with van der Waals surface area (Å²) < 4.78 is 25.7. The lowest BCUT2D eigenvalue weighted by atomic mass is 10.1. The molecule has 0 radical (unpaired) electrons. The van der Waals surface area contributed by atoms with Gasteiger partial charge in [-0.05, 0) is 62.6 Å².